The maximum atomic E-state index is 5.31. The average Bonchev–Trinajstić information content (AvgIpc) is 2.97. The first-order chi connectivity index (χ1) is 19.5. The van der Waals surface area contributed by atoms with E-state index in [1.165, 1.54) is 16.7 Å². The SMILES string of the molecule is CNC1C=C(C)c2nc3c(C)c4c(c(C)c3nc2=C1C)Nc1c(c(C)c2nc3c(C)c(C)cc(C)c3nc2c1C)N=4. The normalized spacial score (nSPS) is 15.9. The van der Waals surface area contributed by atoms with Gasteiger partial charge in [0.05, 0.1) is 66.6 Å². The number of allylic oxidation sites excluding steroid dienone is 1. The number of nitrogens with zero attached hydrogens (tertiary/aromatic N) is 5. The second-order valence-corrected chi connectivity index (χ2v) is 11.9. The fraction of sp³-hybridized carbons (Fsp3) is 0.324. The third-order valence-electron chi connectivity index (χ3n) is 9.31. The minimum atomic E-state index is 0.153. The first-order valence-electron chi connectivity index (χ1n) is 14.3. The van der Waals surface area contributed by atoms with Gasteiger partial charge in [-0.1, -0.05) is 12.1 Å². The maximum Gasteiger partial charge on any atom is 0.0949 e. The summed E-state index contributed by atoms with van der Waals surface area (Å²) in [5.74, 6) is 0. The second kappa shape index (κ2) is 8.63. The summed E-state index contributed by atoms with van der Waals surface area (Å²) in [6.07, 6.45) is 2.23. The predicted octanol–water partition coefficient (Wildman–Crippen LogP) is 6.07. The van der Waals surface area contributed by atoms with Crippen LogP contribution in [-0.2, 0) is 0 Å². The molecule has 0 saturated carbocycles. The van der Waals surface area contributed by atoms with Gasteiger partial charge in [-0.05, 0) is 97.2 Å². The van der Waals surface area contributed by atoms with Crippen molar-refractivity contribution in [3.63, 3.8) is 0 Å². The van der Waals surface area contributed by atoms with Gasteiger partial charge in [0.2, 0.25) is 0 Å². The summed E-state index contributed by atoms with van der Waals surface area (Å²) in [5.41, 5.74) is 19.5. The van der Waals surface area contributed by atoms with Crippen molar-refractivity contribution >= 4 is 61.3 Å². The number of aryl methyl sites for hydroxylation is 7. The number of nitrogens with one attached hydrogen (secondary N) is 2. The molecule has 7 heteroatoms. The molecule has 0 fully saturated rings. The highest BCUT2D eigenvalue weighted by atomic mass is 15.0. The van der Waals surface area contributed by atoms with Crippen LogP contribution in [0, 0.1) is 48.5 Å². The molecule has 1 aliphatic heterocycles. The van der Waals surface area contributed by atoms with Crippen LogP contribution in [0.15, 0.2) is 17.1 Å². The summed E-state index contributed by atoms with van der Waals surface area (Å²) in [6, 6.07) is 2.36. The number of benzene rings is 3. The molecule has 2 aliphatic rings. The van der Waals surface area contributed by atoms with Crippen LogP contribution in [-0.4, -0.2) is 33.0 Å². The Morgan fingerprint density at radius 2 is 1.24 bits per heavy atom. The van der Waals surface area contributed by atoms with Crippen molar-refractivity contribution in [2.45, 2.75) is 68.4 Å². The fourth-order valence-electron chi connectivity index (χ4n) is 6.61. The standard InChI is InChI=1S/C34H35N7/c1-13-11-14(2)23-25(16(13)4)38-29-20(8)33-31(18(6)27(29)36-23)41-34-21(9)30-28(19(7)32(34)40-33)37-24-15(3)12-22(35-10)17(5)26(24)39-30/h11-12,22,35,41H,1-10H3. The van der Waals surface area contributed by atoms with Crippen LogP contribution >= 0.6 is 0 Å². The number of hydrogen-bond donors (Lipinski definition) is 2. The molecule has 7 rings (SSSR count). The van der Waals surface area contributed by atoms with E-state index < -0.39 is 0 Å². The van der Waals surface area contributed by atoms with Crippen molar-refractivity contribution < 1.29 is 0 Å². The second-order valence-electron chi connectivity index (χ2n) is 11.9. The van der Waals surface area contributed by atoms with E-state index in [1.54, 1.807) is 0 Å². The topological polar surface area (TPSA) is 88.0 Å². The van der Waals surface area contributed by atoms with Gasteiger partial charge in [-0.15, -0.1) is 0 Å². The van der Waals surface area contributed by atoms with E-state index in [0.717, 1.165) is 100.0 Å². The Morgan fingerprint density at radius 1 is 0.634 bits per heavy atom. The number of rotatable bonds is 1. The molecule has 5 aromatic rings. The lowest BCUT2D eigenvalue weighted by Crippen LogP contribution is -2.34. The number of likely N-dealkylation sites (N-methyl/N-ethyl adjacent to an activating group) is 1. The summed E-state index contributed by atoms with van der Waals surface area (Å²) in [6.45, 7) is 19.1. The highest BCUT2D eigenvalue weighted by Crippen LogP contribution is 2.43. The predicted molar refractivity (Wildman–Crippen MR) is 169 cm³/mol. The van der Waals surface area contributed by atoms with E-state index in [9.17, 15) is 0 Å². The molecule has 0 spiro atoms. The van der Waals surface area contributed by atoms with Crippen molar-refractivity contribution in [3.05, 3.63) is 67.5 Å². The van der Waals surface area contributed by atoms with E-state index >= 15 is 0 Å². The summed E-state index contributed by atoms with van der Waals surface area (Å²) in [4.78, 5) is 26.1. The van der Waals surface area contributed by atoms with Crippen LogP contribution in [0.2, 0.25) is 0 Å². The average molecular weight is 542 g/mol. The Bertz CT molecular complexity index is 2210. The zero-order valence-corrected chi connectivity index (χ0v) is 25.5. The maximum absolute atomic E-state index is 5.31. The molecule has 2 N–H and O–H groups in total. The van der Waals surface area contributed by atoms with Gasteiger partial charge < -0.3 is 10.6 Å². The van der Waals surface area contributed by atoms with E-state index in [1.807, 2.05) is 7.05 Å². The molecule has 0 radical (unpaired) electrons. The molecular formula is C34H35N7. The number of anilines is 2. The van der Waals surface area contributed by atoms with Crippen molar-refractivity contribution in [1.82, 2.24) is 25.3 Å². The van der Waals surface area contributed by atoms with Crippen LogP contribution in [0.1, 0.15) is 58.5 Å². The molecule has 7 nitrogen and oxygen atoms in total. The van der Waals surface area contributed by atoms with E-state index in [0.29, 0.717) is 0 Å². The van der Waals surface area contributed by atoms with Gasteiger partial charge in [0, 0.05) is 28.3 Å². The first-order valence-corrected chi connectivity index (χ1v) is 14.3. The highest BCUT2D eigenvalue weighted by molar-refractivity contribution is 6.01. The van der Waals surface area contributed by atoms with Crippen LogP contribution in [0.3, 0.4) is 0 Å². The van der Waals surface area contributed by atoms with Crippen molar-refractivity contribution in [2.75, 3.05) is 12.4 Å². The van der Waals surface area contributed by atoms with Crippen LogP contribution in [0.5, 0.6) is 0 Å². The lowest BCUT2D eigenvalue weighted by molar-refractivity contribution is 0.788. The summed E-state index contributed by atoms with van der Waals surface area (Å²) >= 11 is 0. The molecule has 1 unspecified atom stereocenters. The quantitative estimate of drug-likeness (QED) is 0.246. The number of fused-ring (bicyclic) bond motifs is 6. The zero-order valence-electron chi connectivity index (χ0n) is 25.5. The Labute approximate surface area is 239 Å². The Kier molecular flexibility index (Phi) is 5.42. The molecule has 3 heterocycles. The molecular weight excluding hydrogens is 506 g/mol. The van der Waals surface area contributed by atoms with Crippen molar-refractivity contribution in [1.29, 1.82) is 0 Å². The molecule has 0 saturated heterocycles. The van der Waals surface area contributed by atoms with Gasteiger partial charge in [0.15, 0.2) is 0 Å². The lowest BCUT2D eigenvalue weighted by Gasteiger charge is -2.25. The van der Waals surface area contributed by atoms with Crippen LogP contribution in [0.4, 0.5) is 17.1 Å². The summed E-state index contributed by atoms with van der Waals surface area (Å²) in [5, 5.41) is 9.06. The third kappa shape index (κ3) is 3.39. The highest BCUT2D eigenvalue weighted by Gasteiger charge is 2.26. The summed E-state index contributed by atoms with van der Waals surface area (Å²) < 4.78 is 0. The van der Waals surface area contributed by atoms with E-state index in [-0.39, 0.29) is 6.04 Å². The van der Waals surface area contributed by atoms with Gasteiger partial charge >= 0.3 is 0 Å². The molecule has 1 aliphatic carbocycles. The van der Waals surface area contributed by atoms with Crippen LogP contribution < -0.4 is 21.3 Å². The van der Waals surface area contributed by atoms with Gasteiger partial charge in [0.25, 0.3) is 0 Å². The van der Waals surface area contributed by atoms with Crippen LogP contribution in [0.25, 0.3) is 44.2 Å². The number of aromatic nitrogens is 4. The van der Waals surface area contributed by atoms with Crippen molar-refractivity contribution in [3.8, 4) is 0 Å². The molecule has 1 atom stereocenters. The molecule has 3 aromatic carbocycles. The fourth-order valence-corrected chi connectivity index (χ4v) is 6.61. The monoisotopic (exact) mass is 541 g/mol. The van der Waals surface area contributed by atoms with Gasteiger partial charge in [-0.25, -0.2) is 24.9 Å². The van der Waals surface area contributed by atoms with Gasteiger partial charge in [0.1, 0.15) is 0 Å². The minimum absolute atomic E-state index is 0.153. The Morgan fingerprint density at radius 3 is 1.98 bits per heavy atom. The van der Waals surface area contributed by atoms with Gasteiger partial charge in [-0.2, -0.15) is 0 Å². The molecule has 41 heavy (non-hydrogen) atoms. The molecule has 0 bridgehead atoms. The smallest absolute Gasteiger partial charge is 0.0949 e. The summed E-state index contributed by atoms with van der Waals surface area (Å²) in [7, 11) is 1.98. The molecule has 0 amide bonds. The Hall–Kier alpha value is -4.23. The van der Waals surface area contributed by atoms with Gasteiger partial charge in [-0.3, -0.25) is 0 Å². The zero-order chi connectivity index (χ0) is 29.1. The third-order valence-corrected chi connectivity index (χ3v) is 9.31. The molecule has 206 valence electrons. The van der Waals surface area contributed by atoms with E-state index in [2.05, 4.69) is 85.1 Å². The lowest BCUT2D eigenvalue weighted by atomic mass is 9.95. The Balaban J connectivity index is 1.56. The van der Waals surface area contributed by atoms with Crippen molar-refractivity contribution in [2.24, 2.45) is 4.99 Å². The minimum Gasteiger partial charge on any atom is -0.351 e. The first kappa shape index (κ1) is 25.7. The largest absolute Gasteiger partial charge is 0.351 e. The number of hydrogen-bond acceptors (Lipinski definition) is 7. The van der Waals surface area contributed by atoms with E-state index in [4.69, 9.17) is 24.9 Å². The molecule has 2 aromatic heterocycles.